The fourth-order valence-corrected chi connectivity index (χ4v) is 3.93. The van der Waals surface area contributed by atoms with E-state index in [1.807, 2.05) is 0 Å². The van der Waals surface area contributed by atoms with Crippen molar-refractivity contribution in [2.45, 2.75) is 52.9 Å². The molecule has 0 unspecified atom stereocenters. The summed E-state index contributed by atoms with van der Waals surface area (Å²) in [5, 5.41) is 0.676. The van der Waals surface area contributed by atoms with Crippen LogP contribution in [0.2, 0.25) is 10.2 Å². The molecule has 0 saturated carbocycles. The first kappa shape index (κ1) is 23.4. The molecule has 31 heavy (non-hydrogen) atoms. The molecule has 3 aromatic rings. The van der Waals surface area contributed by atoms with Crippen LogP contribution in [0.5, 0.6) is 0 Å². The van der Waals surface area contributed by atoms with E-state index in [1.54, 1.807) is 45.4 Å². The summed E-state index contributed by atoms with van der Waals surface area (Å²) in [6.45, 7) is 8.67. The van der Waals surface area contributed by atoms with Crippen molar-refractivity contribution in [1.82, 2.24) is 9.55 Å². The Bertz CT molecular complexity index is 1180. The zero-order valence-electron chi connectivity index (χ0n) is 17.6. The van der Waals surface area contributed by atoms with Crippen molar-refractivity contribution in [3.63, 3.8) is 0 Å². The molecular weight excluding hydrogens is 452 g/mol. The van der Waals surface area contributed by atoms with Gasteiger partial charge >= 0.3 is 12.1 Å². The van der Waals surface area contributed by atoms with E-state index in [0.29, 0.717) is 27.6 Å². The van der Waals surface area contributed by atoms with E-state index in [0.717, 1.165) is 12.1 Å². The molecule has 2 aromatic heterocycles. The van der Waals surface area contributed by atoms with Crippen molar-refractivity contribution < 1.29 is 22.7 Å². The van der Waals surface area contributed by atoms with Gasteiger partial charge in [0.2, 0.25) is 0 Å². The Morgan fingerprint density at radius 2 is 1.77 bits per heavy atom. The molecule has 2 heterocycles. The van der Waals surface area contributed by atoms with Gasteiger partial charge in [-0.1, -0.05) is 23.2 Å². The number of carbonyl (C=O) groups excluding carboxylic acids is 1. The molecule has 166 valence electrons. The predicted octanol–water partition coefficient (Wildman–Crippen LogP) is 6.98. The van der Waals surface area contributed by atoms with Crippen LogP contribution < -0.4 is 0 Å². The summed E-state index contributed by atoms with van der Waals surface area (Å²) in [4.78, 5) is 16.6. The molecule has 3 rings (SSSR count). The normalized spacial score (nSPS) is 12.5. The Labute approximate surface area is 187 Å². The number of rotatable bonds is 3. The Hall–Kier alpha value is -2.25. The first-order valence-corrected chi connectivity index (χ1v) is 10.2. The molecule has 1 aromatic carbocycles. The molecule has 9 heteroatoms. The van der Waals surface area contributed by atoms with Crippen molar-refractivity contribution in [3.8, 4) is 0 Å². The lowest BCUT2D eigenvalue weighted by Crippen LogP contribution is -2.24. The molecule has 0 amide bonds. The fraction of sp³-hybridized carbons (Fsp3) is 0.364. The smallest absolute Gasteiger partial charge is 0.416 e. The van der Waals surface area contributed by atoms with Crippen LogP contribution in [-0.4, -0.2) is 21.1 Å². The first-order chi connectivity index (χ1) is 14.2. The maximum absolute atomic E-state index is 13.2. The molecule has 0 aliphatic heterocycles. The second-order valence-electron chi connectivity index (χ2n) is 8.38. The van der Waals surface area contributed by atoms with Gasteiger partial charge < -0.3 is 9.30 Å². The number of carbonyl (C=O) groups is 1. The third-order valence-corrected chi connectivity index (χ3v) is 5.45. The zero-order chi connectivity index (χ0) is 23.3. The highest BCUT2D eigenvalue weighted by atomic mass is 35.5. The van der Waals surface area contributed by atoms with Gasteiger partial charge in [-0.15, -0.1) is 0 Å². The van der Waals surface area contributed by atoms with E-state index in [1.165, 1.54) is 6.20 Å². The second kappa shape index (κ2) is 8.02. The molecule has 0 N–H and O–H groups in total. The molecule has 4 nitrogen and oxygen atoms in total. The summed E-state index contributed by atoms with van der Waals surface area (Å²) in [5.74, 6) is -0.637. The summed E-state index contributed by atoms with van der Waals surface area (Å²) < 4.78 is 46.8. The summed E-state index contributed by atoms with van der Waals surface area (Å²) in [6, 6.07) is 2.24. The molecule has 0 atom stereocenters. The van der Waals surface area contributed by atoms with E-state index in [4.69, 9.17) is 27.9 Å². The van der Waals surface area contributed by atoms with Crippen molar-refractivity contribution in [2.75, 3.05) is 0 Å². The monoisotopic (exact) mass is 472 g/mol. The van der Waals surface area contributed by atoms with Crippen LogP contribution in [0, 0.1) is 13.8 Å². The van der Waals surface area contributed by atoms with Gasteiger partial charge in [-0.3, -0.25) is 0 Å². The summed E-state index contributed by atoms with van der Waals surface area (Å²) in [7, 11) is 0. The number of aryl methyl sites for hydroxylation is 2. The van der Waals surface area contributed by atoms with Crippen LogP contribution in [0.15, 0.2) is 24.5 Å². The fourth-order valence-electron chi connectivity index (χ4n) is 3.41. The molecule has 0 spiro atoms. The highest BCUT2D eigenvalue weighted by Gasteiger charge is 2.32. The second-order valence-corrected chi connectivity index (χ2v) is 9.12. The van der Waals surface area contributed by atoms with Gasteiger partial charge in [-0.25, -0.2) is 9.78 Å². The predicted molar refractivity (Wildman–Crippen MR) is 115 cm³/mol. The number of ether oxygens (including phenoxy) is 1. The summed E-state index contributed by atoms with van der Waals surface area (Å²) in [5.41, 5.74) is 0.780. The number of hydrogen-bond donors (Lipinski definition) is 0. The van der Waals surface area contributed by atoms with E-state index >= 15 is 0 Å². The number of halogens is 5. The molecular formula is C22H21Cl2F3N2O2. The quantitative estimate of drug-likeness (QED) is 0.305. The number of fused-ring (bicyclic) bond motifs is 1. The summed E-state index contributed by atoms with van der Waals surface area (Å²) in [6.07, 6.45) is -1.46. The summed E-state index contributed by atoms with van der Waals surface area (Å²) >= 11 is 12.7. The van der Waals surface area contributed by atoms with Crippen molar-refractivity contribution >= 4 is 40.1 Å². The SMILES string of the molecule is Cc1cn(Cc2c(Cl)ncc(C(=O)OC(C)(C)C)c2Cl)c2c(C)cc(C(F)(F)F)cc12. The van der Waals surface area contributed by atoms with Crippen molar-refractivity contribution in [1.29, 1.82) is 0 Å². The zero-order valence-corrected chi connectivity index (χ0v) is 19.1. The van der Waals surface area contributed by atoms with E-state index in [9.17, 15) is 18.0 Å². The van der Waals surface area contributed by atoms with Gasteiger partial charge in [-0.05, 0) is 57.9 Å². The number of aromatic nitrogens is 2. The molecule has 0 aliphatic rings. The molecule has 0 bridgehead atoms. The highest BCUT2D eigenvalue weighted by Crippen LogP contribution is 2.36. The van der Waals surface area contributed by atoms with Crippen LogP contribution in [-0.2, 0) is 17.5 Å². The van der Waals surface area contributed by atoms with Crippen LogP contribution in [0.3, 0.4) is 0 Å². The van der Waals surface area contributed by atoms with Gasteiger partial charge in [0.05, 0.1) is 28.2 Å². The van der Waals surface area contributed by atoms with E-state index < -0.39 is 23.3 Å². The third kappa shape index (κ3) is 4.83. The average molecular weight is 473 g/mol. The van der Waals surface area contributed by atoms with Gasteiger partial charge in [0, 0.05) is 23.3 Å². The number of benzene rings is 1. The Balaban J connectivity index is 2.09. The van der Waals surface area contributed by atoms with Gasteiger partial charge in [-0.2, -0.15) is 13.2 Å². The minimum Gasteiger partial charge on any atom is -0.456 e. The molecule has 0 radical (unpaired) electrons. The number of alkyl halides is 3. The topological polar surface area (TPSA) is 44.1 Å². The van der Waals surface area contributed by atoms with Gasteiger partial charge in [0.25, 0.3) is 0 Å². The minimum atomic E-state index is -4.44. The van der Waals surface area contributed by atoms with Gasteiger partial charge in [0.15, 0.2) is 0 Å². The van der Waals surface area contributed by atoms with Crippen LogP contribution in [0.25, 0.3) is 10.9 Å². The number of hydrogen-bond acceptors (Lipinski definition) is 3. The Kier molecular flexibility index (Phi) is 6.06. The van der Waals surface area contributed by atoms with E-state index in [2.05, 4.69) is 4.98 Å². The lowest BCUT2D eigenvalue weighted by atomic mass is 10.0. The van der Waals surface area contributed by atoms with Crippen LogP contribution >= 0.6 is 23.2 Å². The van der Waals surface area contributed by atoms with Gasteiger partial charge in [0.1, 0.15) is 10.8 Å². The number of pyridine rings is 1. The third-order valence-electron chi connectivity index (χ3n) is 4.69. The first-order valence-electron chi connectivity index (χ1n) is 9.42. The van der Waals surface area contributed by atoms with Crippen molar-refractivity contribution in [3.05, 3.63) is 62.5 Å². The minimum absolute atomic E-state index is 0.0697. The molecule has 0 saturated heterocycles. The number of nitrogens with zero attached hydrogens (tertiary/aromatic N) is 2. The maximum Gasteiger partial charge on any atom is 0.416 e. The van der Waals surface area contributed by atoms with Crippen molar-refractivity contribution in [2.24, 2.45) is 0 Å². The maximum atomic E-state index is 13.2. The highest BCUT2D eigenvalue weighted by molar-refractivity contribution is 6.37. The largest absolute Gasteiger partial charge is 0.456 e. The van der Waals surface area contributed by atoms with Crippen LogP contribution in [0.1, 0.15) is 53.4 Å². The van der Waals surface area contributed by atoms with E-state index in [-0.39, 0.29) is 22.3 Å². The van der Waals surface area contributed by atoms with Crippen LogP contribution in [0.4, 0.5) is 13.2 Å². The Morgan fingerprint density at radius 3 is 2.35 bits per heavy atom. The Morgan fingerprint density at radius 1 is 1.13 bits per heavy atom. The lowest BCUT2D eigenvalue weighted by molar-refractivity contribution is -0.137. The standard InChI is InChI=1S/C22H21Cl2F3N2O2/c1-11-6-13(22(25,26)27)7-14-12(2)9-29(18(11)14)10-16-17(23)15(8-28-19(16)24)20(30)31-21(3,4)5/h6-9H,10H2,1-5H3. The lowest BCUT2D eigenvalue weighted by Gasteiger charge is -2.20. The number of esters is 1. The molecule has 0 aliphatic carbocycles. The molecule has 0 fully saturated rings. The average Bonchev–Trinajstić information content (AvgIpc) is 2.92.